The largest absolute Gasteiger partial charge is 1.00 e. The zero-order valence-electron chi connectivity index (χ0n) is 23.9. The van der Waals surface area contributed by atoms with Gasteiger partial charge < -0.3 is 35.3 Å². The van der Waals surface area contributed by atoms with E-state index in [9.17, 15) is 29.4 Å². The third-order valence-corrected chi connectivity index (χ3v) is 9.33. The van der Waals surface area contributed by atoms with Crippen molar-refractivity contribution in [1.82, 2.24) is 10.2 Å². The van der Waals surface area contributed by atoms with E-state index in [1.54, 1.807) is 37.3 Å². The Kier molecular flexibility index (Phi) is 10.6. The van der Waals surface area contributed by atoms with Gasteiger partial charge in [-0.1, -0.05) is 31.2 Å². The predicted molar refractivity (Wildman–Crippen MR) is 151 cm³/mol. The second-order valence-electron chi connectivity index (χ2n) is 10.6. The first-order valence-corrected chi connectivity index (χ1v) is 14.4. The van der Waals surface area contributed by atoms with Gasteiger partial charge in [0, 0.05) is 28.3 Å². The Hall–Kier alpha value is -2.91. The van der Waals surface area contributed by atoms with Gasteiger partial charge in [-0.05, 0) is 48.7 Å². The van der Waals surface area contributed by atoms with Crippen LogP contribution in [0, 0.1) is 11.8 Å². The molecule has 12 nitrogen and oxygen atoms in total. The first-order chi connectivity index (χ1) is 20.1. The fourth-order valence-electron chi connectivity index (χ4n) is 5.69. The number of carboxylic acid groups (broad SMARTS) is 1. The SMILES string of the molecule is C[C@@H](O)[C@H]1C(=O)N2C(C(=O)OCc3ccc(NO)cc3)=C(S[C@@H]3CN[C@H](C(=O)Nc4cccc(C(=O)[O-])c4)C3)[C@H](C)[C@H]12.[Na+]. The molecule has 2 fully saturated rings. The van der Waals surface area contributed by atoms with Crippen LogP contribution < -0.4 is 50.8 Å². The number of ether oxygens (including phenoxy) is 1. The molecule has 2 aromatic carbocycles. The van der Waals surface area contributed by atoms with Gasteiger partial charge in [0.25, 0.3) is 0 Å². The van der Waals surface area contributed by atoms with Crippen molar-refractivity contribution in [2.75, 3.05) is 17.3 Å². The Morgan fingerprint density at radius 1 is 1.19 bits per heavy atom. The number of fused-ring (bicyclic) bond motifs is 1. The number of carbonyl (C=O) groups excluding carboxylic acids is 4. The number of hydrogen-bond acceptors (Lipinski definition) is 11. The molecule has 0 unspecified atom stereocenters. The molecule has 0 saturated carbocycles. The zero-order chi connectivity index (χ0) is 30.1. The first-order valence-electron chi connectivity index (χ1n) is 13.5. The summed E-state index contributed by atoms with van der Waals surface area (Å²) in [4.78, 5) is 52.6. The number of aromatic carboxylic acids is 1. The van der Waals surface area contributed by atoms with Gasteiger partial charge >= 0.3 is 35.5 Å². The van der Waals surface area contributed by atoms with E-state index < -0.39 is 30.0 Å². The summed E-state index contributed by atoms with van der Waals surface area (Å²) >= 11 is 1.42. The van der Waals surface area contributed by atoms with Crippen molar-refractivity contribution in [2.45, 2.75) is 50.3 Å². The molecule has 0 radical (unpaired) electrons. The van der Waals surface area contributed by atoms with Gasteiger partial charge in [-0.15, -0.1) is 11.8 Å². The van der Waals surface area contributed by atoms with Crippen molar-refractivity contribution in [3.8, 4) is 0 Å². The number of thioether (sulfide) groups is 1. The van der Waals surface area contributed by atoms with Crippen LogP contribution >= 0.6 is 11.8 Å². The Morgan fingerprint density at radius 3 is 2.56 bits per heavy atom. The molecule has 14 heteroatoms. The average Bonchev–Trinajstić information content (AvgIpc) is 3.53. The van der Waals surface area contributed by atoms with Crippen LogP contribution in [0.1, 0.15) is 36.2 Å². The molecule has 3 aliphatic rings. The van der Waals surface area contributed by atoms with Crippen LogP contribution in [0.25, 0.3) is 0 Å². The number of carbonyl (C=O) groups is 4. The van der Waals surface area contributed by atoms with Crippen LogP contribution in [0.15, 0.2) is 59.1 Å². The topological polar surface area (TPSA) is 180 Å². The van der Waals surface area contributed by atoms with Crippen LogP contribution in [0.4, 0.5) is 11.4 Å². The van der Waals surface area contributed by atoms with Crippen molar-refractivity contribution in [1.29, 1.82) is 0 Å². The molecule has 2 saturated heterocycles. The summed E-state index contributed by atoms with van der Waals surface area (Å²) < 4.78 is 5.60. The number of nitrogens with zero attached hydrogens (tertiary/aromatic N) is 1. The van der Waals surface area contributed by atoms with E-state index in [4.69, 9.17) is 9.94 Å². The molecule has 2 amide bonds. The smallest absolute Gasteiger partial charge is 0.545 e. The van der Waals surface area contributed by atoms with Gasteiger partial charge in [-0.2, -0.15) is 0 Å². The van der Waals surface area contributed by atoms with Crippen LogP contribution in [-0.2, 0) is 25.7 Å². The van der Waals surface area contributed by atoms with E-state index in [0.717, 1.165) is 0 Å². The molecule has 5 rings (SSSR count). The number of aliphatic hydroxyl groups excluding tert-OH is 1. The number of aliphatic hydroxyl groups is 1. The van der Waals surface area contributed by atoms with Crippen molar-refractivity contribution >= 4 is 46.9 Å². The number of β-lactam (4-membered cyclic amide) rings is 1. The molecule has 222 valence electrons. The fourth-order valence-corrected chi connectivity index (χ4v) is 7.16. The number of amides is 2. The third-order valence-electron chi connectivity index (χ3n) is 7.82. The quantitative estimate of drug-likeness (QED) is 0.0866. The summed E-state index contributed by atoms with van der Waals surface area (Å²) in [7, 11) is 0. The zero-order valence-corrected chi connectivity index (χ0v) is 26.7. The van der Waals surface area contributed by atoms with Gasteiger partial charge in [0.2, 0.25) is 11.8 Å². The van der Waals surface area contributed by atoms with E-state index in [2.05, 4.69) is 10.6 Å². The summed E-state index contributed by atoms with van der Waals surface area (Å²) in [6, 6.07) is 11.5. The number of anilines is 2. The Balaban J connectivity index is 0.00000423. The monoisotopic (exact) mass is 618 g/mol. The molecular weight excluding hydrogens is 587 g/mol. The molecule has 0 aliphatic carbocycles. The number of rotatable bonds is 10. The number of hydrogen-bond donors (Lipinski definition) is 5. The summed E-state index contributed by atoms with van der Waals surface area (Å²) in [5.41, 5.74) is 3.67. The molecule has 2 aromatic rings. The van der Waals surface area contributed by atoms with Crippen molar-refractivity contribution in [3.05, 3.63) is 70.3 Å². The third kappa shape index (κ3) is 6.78. The Labute approximate surface area is 274 Å². The van der Waals surface area contributed by atoms with E-state index in [1.807, 2.05) is 12.4 Å². The molecule has 3 heterocycles. The van der Waals surface area contributed by atoms with Gasteiger partial charge in [0.1, 0.15) is 12.3 Å². The normalized spacial score (nSPS) is 24.9. The fraction of sp³-hybridized carbons (Fsp3) is 0.379. The van der Waals surface area contributed by atoms with Gasteiger partial charge in [0.05, 0.1) is 35.8 Å². The minimum atomic E-state index is -1.34. The maximum absolute atomic E-state index is 13.4. The number of esters is 1. The molecule has 3 aliphatic heterocycles. The molecular formula is C29H31N4NaO8S. The van der Waals surface area contributed by atoms with E-state index in [1.165, 1.54) is 34.9 Å². The van der Waals surface area contributed by atoms with Gasteiger partial charge in [0.15, 0.2) is 0 Å². The van der Waals surface area contributed by atoms with Crippen molar-refractivity contribution in [3.63, 3.8) is 0 Å². The summed E-state index contributed by atoms with van der Waals surface area (Å²) in [5.74, 6) is -3.50. The van der Waals surface area contributed by atoms with Crippen molar-refractivity contribution in [2.24, 2.45) is 11.8 Å². The van der Waals surface area contributed by atoms with Crippen LogP contribution in [0.5, 0.6) is 0 Å². The molecule has 6 atom stereocenters. The predicted octanol–water partition coefficient (Wildman–Crippen LogP) is -1.93. The first kappa shape index (κ1) is 33.0. The second-order valence-corrected chi connectivity index (χ2v) is 12.0. The van der Waals surface area contributed by atoms with Crippen molar-refractivity contribution < 1.29 is 68.9 Å². The van der Waals surface area contributed by atoms with Crippen LogP contribution in [0.3, 0.4) is 0 Å². The summed E-state index contributed by atoms with van der Waals surface area (Å²) in [6.07, 6.45) is -0.447. The van der Waals surface area contributed by atoms with Gasteiger partial charge in [-0.25, -0.2) is 4.79 Å². The maximum atomic E-state index is 13.4. The number of carboxylic acids is 1. The van der Waals surface area contributed by atoms with Crippen LogP contribution in [0.2, 0.25) is 0 Å². The minimum absolute atomic E-state index is 0. The minimum Gasteiger partial charge on any atom is -0.545 e. The molecule has 0 spiro atoms. The maximum Gasteiger partial charge on any atom is 1.00 e. The molecule has 5 N–H and O–H groups in total. The number of nitrogens with one attached hydrogen (secondary N) is 3. The second kappa shape index (κ2) is 13.8. The van der Waals surface area contributed by atoms with E-state index in [0.29, 0.717) is 34.8 Å². The standard InChI is InChI=1S/C29H32N4O8S.Na/c1-14-23-22(15(2)34)27(36)33(23)24(29(39)41-13-16-6-8-18(32-40)9-7-16)25(14)42-20-11-21(30-12-20)26(35)31-19-5-3-4-17(10-19)28(37)38;/h3-10,14-15,20-23,30,32,34,40H,11-13H2,1-2H3,(H,31,35)(H,37,38);/q;+1/p-1/t14-,15-,20+,21+,22-,23-;/m1./s1. The Morgan fingerprint density at radius 2 is 1.91 bits per heavy atom. The average molecular weight is 619 g/mol. The molecule has 0 aromatic heterocycles. The van der Waals surface area contributed by atoms with E-state index in [-0.39, 0.29) is 76.4 Å². The summed E-state index contributed by atoms with van der Waals surface area (Å²) in [5, 5.41) is 36.2. The molecule has 0 bridgehead atoms. The molecule has 43 heavy (non-hydrogen) atoms. The van der Waals surface area contributed by atoms with E-state index >= 15 is 0 Å². The summed E-state index contributed by atoms with van der Waals surface area (Å²) in [6.45, 7) is 3.90. The Bertz CT molecular complexity index is 1440. The van der Waals surface area contributed by atoms with Gasteiger partial charge in [-0.3, -0.25) is 20.3 Å². The number of benzene rings is 2. The van der Waals surface area contributed by atoms with Crippen LogP contribution in [-0.4, -0.2) is 68.9 Å².